The van der Waals surface area contributed by atoms with E-state index in [9.17, 15) is 4.79 Å². The normalized spacial score (nSPS) is 32.1. The van der Waals surface area contributed by atoms with Gasteiger partial charge in [0.15, 0.2) is 5.78 Å². The third kappa shape index (κ3) is 1.86. The average Bonchev–Trinajstić information content (AvgIpc) is 2.81. The van der Waals surface area contributed by atoms with Gasteiger partial charge in [0.05, 0.1) is 16.7 Å². The van der Waals surface area contributed by atoms with Crippen LogP contribution in [0.2, 0.25) is 0 Å². The molecule has 0 aromatic heterocycles. The van der Waals surface area contributed by atoms with Crippen molar-refractivity contribution in [2.75, 3.05) is 0 Å². The smallest absolute Gasteiger partial charge is 0.178 e. The molecular formula is C20H21NO. The molecule has 1 aromatic carbocycles. The predicted molar refractivity (Wildman–Crippen MR) is 89.1 cm³/mol. The van der Waals surface area contributed by atoms with Gasteiger partial charge in [-0.3, -0.25) is 9.79 Å². The number of ketones is 1. The Bertz CT molecular complexity index is 682. The summed E-state index contributed by atoms with van der Waals surface area (Å²) in [6, 6.07) is 10.4. The molecule has 112 valence electrons. The van der Waals surface area contributed by atoms with E-state index < -0.39 is 0 Å². The number of aliphatic imine (C=N–C) groups is 1. The molecule has 1 spiro atoms. The number of rotatable bonds is 1. The fraction of sp³-hybridized carbons (Fsp3) is 0.400. The number of hydrogen-bond donors (Lipinski definition) is 0. The minimum atomic E-state index is -0.204. The van der Waals surface area contributed by atoms with Gasteiger partial charge < -0.3 is 0 Å². The molecule has 0 radical (unpaired) electrons. The van der Waals surface area contributed by atoms with Crippen molar-refractivity contribution in [3.63, 3.8) is 0 Å². The molecule has 2 nitrogen and oxygen atoms in total. The number of allylic oxidation sites excluding steroid dienone is 4. The van der Waals surface area contributed by atoms with E-state index in [1.54, 1.807) is 12.2 Å². The predicted octanol–water partition coefficient (Wildman–Crippen LogP) is 4.12. The highest BCUT2D eigenvalue weighted by Crippen LogP contribution is 2.55. The third-order valence-electron chi connectivity index (χ3n) is 5.62. The molecule has 0 N–H and O–H groups in total. The molecule has 1 aliphatic heterocycles. The van der Waals surface area contributed by atoms with Crippen molar-refractivity contribution in [2.45, 2.75) is 38.1 Å². The van der Waals surface area contributed by atoms with Crippen LogP contribution in [0.5, 0.6) is 0 Å². The van der Waals surface area contributed by atoms with Crippen LogP contribution >= 0.6 is 0 Å². The summed E-state index contributed by atoms with van der Waals surface area (Å²) in [5.41, 5.74) is 2.12. The average molecular weight is 291 g/mol. The van der Waals surface area contributed by atoms with Crippen LogP contribution in [-0.2, 0) is 4.79 Å². The summed E-state index contributed by atoms with van der Waals surface area (Å²) in [6.45, 7) is 2.30. The van der Waals surface area contributed by atoms with Crippen molar-refractivity contribution in [1.82, 2.24) is 0 Å². The summed E-state index contributed by atoms with van der Waals surface area (Å²) in [4.78, 5) is 16.9. The van der Waals surface area contributed by atoms with E-state index in [2.05, 4.69) is 43.3 Å². The fourth-order valence-electron chi connectivity index (χ4n) is 4.57. The standard InChI is InChI=1S/C20H21NO/c1-19-12-6-5-9-17(19)20(13-10-16(22)11-14-20)18(21-19)15-7-3-2-4-8-15/h2-4,7-8,10-11,13-14,17H,5-6,9,12H2,1H3/t17-,19+/m1/s1. The van der Waals surface area contributed by atoms with Crippen molar-refractivity contribution < 1.29 is 4.79 Å². The molecule has 22 heavy (non-hydrogen) atoms. The van der Waals surface area contributed by atoms with Crippen LogP contribution in [-0.4, -0.2) is 17.0 Å². The second kappa shape index (κ2) is 4.77. The molecule has 1 fully saturated rings. The maximum absolute atomic E-state index is 11.7. The van der Waals surface area contributed by atoms with E-state index in [1.807, 2.05) is 6.07 Å². The van der Waals surface area contributed by atoms with Crippen LogP contribution in [0, 0.1) is 11.3 Å². The quantitative estimate of drug-likeness (QED) is 0.765. The Morgan fingerprint density at radius 1 is 1.09 bits per heavy atom. The number of benzene rings is 1. The zero-order valence-electron chi connectivity index (χ0n) is 13.0. The van der Waals surface area contributed by atoms with Crippen LogP contribution in [0.25, 0.3) is 0 Å². The van der Waals surface area contributed by atoms with E-state index in [0.29, 0.717) is 5.92 Å². The second-order valence-electron chi connectivity index (χ2n) is 6.98. The number of hydrogen-bond acceptors (Lipinski definition) is 2. The molecule has 1 aromatic rings. The lowest BCUT2D eigenvalue weighted by atomic mass is 9.60. The van der Waals surface area contributed by atoms with Crippen LogP contribution in [0.1, 0.15) is 38.2 Å². The third-order valence-corrected chi connectivity index (χ3v) is 5.62. The summed E-state index contributed by atoms with van der Waals surface area (Å²) < 4.78 is 0. The summed E-state index contributed by atoms with van der Waals surface area (Å²) in [7, 11) is 0. The minimum absolute atomic E-state index is 0.00150. The molecule has 1 heterocycles. The second-order valence-corrected chi connectivity index (χ2v) is 6.98. The first kappa shape index (κ1) is 13.7. The molecular weight excluding hydrogens is 270 g/mol. The van der Waals surface area contributed by atoms with Gasteiger partial charge in [-0.1, -0.05) is 55.3 Å². The molecule has 2 aliphatic carbocycles. The number of carbonyl (C=O) groups excluding carboxylic acids is 1. The van der Waals surface area contributed by atoms with Crippen LogP contribution < -0.4 is 0 Å². The van der Waals surface area contributed by atoms with Gasteiger partial charge in [0.1, 0.15) is 0 Å². The largest absolute Gasteiger partial charge is 0.290 e. The molecule has 0 bridgehead atoms. The zero-order valence-corrected chi connectivity index (χ0v) is 13.0. The Morgan fingerprint density at radius 2 is 1.82 bits per heavy atom. The van der Waals surface area contributed by atoms with Crippen molar-refractivity contribution in [3.8, 4) is 0 Å². The molecule has 1 saturated carbocycles. The monoisotopic (exact) mass is 291 g/mol. The number of nitrogens with zero attached hydrogens (tertiary/aromatic N) is 1. The summed E-state index contributed by atoms with van der Waals surface area (Å²) >= 11 is 0. The van der Waals surface area contributed by atoms with Crippen LogP contribution in [0.15, 0.2) is 59.6 Å². The van der Waals surface area contributed by atoms with Gasteiger partial charge in [0, 0.05) is 5.92 Å². The van der Waals surface area contributed by atoms with Crippen molar-refractivity contribution in [3.05, 3.63) is 60.2 Å². The molecule has 0 saturated heterocycles. The van der Waals surface area contributed by atoms with E-state index in [-0.39, 0.29) is 16.7 Å². The topological polar surface area (TPSA) is 29.4 Å². The first-order chi connectivity index (χ1) is 10.6. The highest BCUT2D eigenvalue weighted by molar-refractivity contribution is 6.12. The lowest BCUT2D eigenvalue weighted by Gasteiger charge is -2.42. The minimum Gasteiger partial charge on any atom is -0.290 e. The summed E-state index contributed by atoms with van der Waals surface area (Å²) in [5.74, 6) is 0.548. The first-order valence-electron chi connectivity index (χ1n) is 8.22. The van der Waals surface area contributed by atoms with Gasteiger partial charge in [0.25, 0.3) is 0 Å². The Hall–Kier alpha value is -1.96. The van der Waals surface area contributed by atoms with Crippen LogP contribution in [0.4, 0.5) is 0 Å². The van der Waals surface area contributed by atoms with Gasteiger partial charge in [-0.05, 0) is 37.5 Å². The fourth-order valence-corrected chi connectivity index (χ4v) is 4.57. The van der Waals surface area contributed by atoms with E-state index >= 15 is 0 Å². The molecule has 3 aliphatic rings. The maximum Gasteiger partial charge on any atom is 0.178 e. The maximum atomic E-state index is 11.7. The SMILES string of the molecule is C[C@]12CCCC[C@H]1C1(C=CC(=O)C=C1)C(c1ccccc1)=N2. The lowest BCUT2D eigenvalue weighted by molar-refractivity contribution is -0.110. The van der Waals surface area contributed by atoms with Crippen molar-refractivity contribution >= 4 is 11.5 Å². The summed E-state index contributed by atoms with van der Waals surface area (Å²) in [6.07, 6.45) is 12.5. The van der Waals surface area contributed by atoms with E-state index in [4.69, 9.17) is 4.99 Å². The van der Waals surface area contributed by atoms with Crippen molar-refractivity contribution in [2.24, 2.45) is 16.3 Å². The molecule has 4 rings (SSSR count). The molecule has 0 unspecified atom stereocenters. The highest BCUT2D eigenvalue weighted by atomic mass is 16.1. The van der Waals surface area contributed by atoms with E-state index in [1.165, 1.54) is 24.8 Å². The van der Waals surface area contributed by atoms with Crippen molar-refractivity contribution in [1.29, 1.82) is 0 Å². The van der Waals surface area contributed by atoms with Gasteiger partial charge in [-0.15, -0.1) is 0 Å². The Balaban J connectivity index is 1.90. The zero-order chi connectivity index (χ0) is 15.2. The Morgan fingerprint density at radius 3 is 2.55 bits per heavy atom. The van der Waals surface area contributed by atoms with Gasteiger partial charge in [-0.2, -0.15) is 0 Å². The Labute approximate surface area is 131 Å². The molecule has 0 amide bonds. The lowest BCUT2D eigenvalue weighted by Crippen LogP contribution is -2.42. The van der Waals surface area contributed by atoms with Gasteiger partial charge in [0.2, 0.25) is 0 Å². The van der Waals surface area contributed by atoms with E-state index in [0.717, 1.165) is 12.1 Å². The Kier molecular flexibility index (Phi) is 2.97. The van der Waals surface area contributed by atoms with Gasteiger partial charge >= 0.3 is 0 Å². The first-order valence-corrected chi connectivity index (χ1v) is 8.22. The van der Waals surface area contributed by atoms with Crippen LogP contribution in [0.3, 0.4) is 0 Å². The molecule has 2 heteroatoms. The highest BCUT2D eigenvalue weighted by Gasteiger charge is 2.55. The summed E-state index contributed by atoms with van der Waals surface area (Å²) in [5, 5.41) is 0. The van der Waals surface area contributed by atoms with Gasteiger partial charge in [-0.25, -0.2) is 0 Å². The number of fused-ring (bicyclic) bond motifs is 2. The number of carbonyl (C=O) groups is 1. The molecule has 2 atom stereocenters.